The fraction of sp³-hybridized carbons (Fsp3) is 0.167. The summed E-state index contributed by atoms with van der Waals surface area (Å²) in [6.07, 6.45) is 2.34. The molecule has 4 heterocycles. The maximum atomic E-state index is 12.5. The molecule has 0 saturated carbocycles. The molecule has 3 aliphatic heterocycles. The fourth-order valence-electron chi connectivity index (χ4n) is 5.79. The Morgan fingerprint density at radius 1 is 0.717 bits per heavy atom. The molecule has 46 heavy (non-hydrogen) atoms. The number of hydrogen-bond acceptors (Lipinski definition) is 6. The van der Waals surface area contributed by atoms with Gasteiger partial charge >= 0.3 is 0 Å². The van der Waals surface area contributed by atoms with Crippen molar-refractivity contribution in [1.29, 1.82) is 0 Å². The monoisotopic (exact) mass is 682 g/mol. The Kier molecular flexibility index (Phi) is 9.04. The summed E-state index contributed by atoms with van der Waals surface area (Å²) in [7, 11) is 0. The highest BCUT2D eigenvalue weighted by Gasteiger charge is 2.33. The number of aryl methyl sites for hydroxylation is 1. The van der Waals surface area contributed by atoms with Gasteiger partial charge < -0.3 is 0 Å². The van der Waals surface area contributed by atoms with E-state index in [9.17, 15) is 9.59 Å². The molecule has 0 saturated heterocycles. The first kappa shape index (κ1) is 30.8. The van der Waals surface area contributed by atoms with Crippen LogP contribution in [-0.2, 0) is 11.2 Å². The number of rotatable bonds is 2. The van der Waals surface area contributed by atoms with Crippen LogP contribution in [0.2, 0.25) is 10.0 Å². The van der Waals surface area contributed by atoms with Crippen LogP contribution in [0.3, 0.4) is 0 Å². The fourth-order valence-corrected chi connectivity index (χ4v) is 8.20. The third-order valence-corrected chi connectivity index (χ3v) is 10.7. The Morgan fingerprint density at radius 2 is 1.33 bits per heavy atom. The number of hydrogen-bond donors (Lipinski definition) is 0. The lowest BCUT2D eigenvalue weighted by Crippen LogP contribution is -2.37. The van der Waals surface area contributed by atoms with Gasteiger partial charge in [0, 0.05) is 55.1 Å². The Bertz CT molecular complexity index is 2010. The topological polar surface area (TPSA) is 67.6 Å². The molecule has 0 N–H and O–H groups in total. The summed E-state index contributed by atoms with van der Waals surface area (Å²) < 4.78 is 1.45. The number of aromatic nitrogens is 2. The van der Waals surface area contributed by atoms with Crippen LogP contribution >= 0.6 is 46.7 Å². The van der Waals surface area contributed by atoms with E-state index < -0.39 is 0 Å². The smallest absolute Gasteiger partial charge is 0.271 e. The van der Waals surface area contributed by atoms with Crippen molar-refractivity contribution in [3.05, 3.63) is 135 Å². The molecule has 0 bridgehead atoms. The molecule has 6 nitrogen and oxygen atoms in total. The molecule has 1 atom stereocenters. The molecule has 4 aromatic carbocycles. The maximum Gasteiger partial charge on any atom is 0.271 e. The van der Waals surface area contributed by atoms with Gasteiger partial charge in [-0.15, -0.1) is 23.5 Å². The zero-order valence-corrected chi connectivity index (χ0v) is 27.8. The Labute approximate surface area is 285 Å². The molecule has 0 fully saturated rings. The lowest BCUT2D eigenvalue weighted by atomic mass is 9.90. The van der Waals surface area contributed by atoms with Crippen molar-refractivity contribution < 1.29 is 4.79 Å². The van der Waals surface area contributed by atoms with Crippen LogP contribution < -0.4 is 10.6 Å². The first-order valence-electron chi connectivity index (χ1n) is 15.0. The van der Waals surface area contributed by atoms with Crippen molar-refractivity contribution in [2.24, 2.45) is 11.0 Å². The molecule has 5 aromatic rings. The second kappa shape index (κ2) is 13.5. The van der Waals surface area contributed by atoms with E-state index in [1.54, 1.807) is 54.2 Å². The zero-order chi connectivity index (χ0) is 31.6. The maximum absolute atomic E-state index is 12.5. The third-order valence-electron chi connectivity index (χ3n) is 8.06. The van der Waals surface area contributed by atoms with Gasteiger partial charge in [-0.25, -0.2) is 5.01 Å². The van der Waals surface area contributed by atoms with Gasteiger partial charge in [0.15, 0.2) is 0 Å². The summed E-state index contributed by atoms with van der Waals surface area (Å²) in [5, 5.41) is 12.2. The van der Waals surface area contributed by atoms with Crippen molar-refractivity contribution in [2.45, 2.75) is 29.1 Å². The van der Waals surface area contributed by atoms with E-state index >= 15 is 0 Å². The van der Waals surface area contributed by atoms with Crippen molar-refractivity contribution in [2.75, 3.05) is 16.5 Å². The number of nitrogens with zero attached hydrogens (tertiary/aromatic N) is 4. The highest BCUT2D eigenvalue weighted by atomic mass is 35.5. The number of carbonyl (C=O) groups is 1. The second-order valence-electron chi connectivity index (χ2n) is 11.0. The minimum atomic E-state index is -0.115. The predicted molar refractivity (Wildman–Crippen MR) is 190 cm³/mol. The van der Waals surface area contributed by atoms with Crippen LogP contribution in [0.25, 0.3) is 16.9 Å². The van der Waals surface area contributed by atoms with Crippen LogP contribution in [0.4, 0.5) is 5.69 Å². The van der Waals surface area contributed by atoms with Crippen LogP contribution in [0.5, 0.6) is 0 Å². The Morgan fingerprint density at radius 3 is 2.04 bits per heavy atom. The number of fused-ring (bicyclic) bond motifs is 6. The number of benzene rings is 4. The van der Waals surface area contributed by atoms with Crippen molar-refractivity contribution in [3.63, 3.8) is 0 Å². The standard InChI is InChI=1S/C18H15ClN2OS.C18H13ClN2OS/c2*19-13-5-7-14(8-6-13)21-17(22)11-12-9-10-23-16-4-2-1-3-15(16)18(12)20-21/h1-8,12H,9-11H2;1-8,11H,9-10H2. The molecule has 8 rings (SSSR count). The van der Waals surface area contributed by atoms with E-state index in [4.69, 9.17) is 28.3 Å². The molecule has 0 aliphatic carbocycles. The van der Waals surface area contributed by atoms with Gasteiger partial charge in [-0.2, -0.15) is 14.9 Å². The zero-order valence-electron chi connectivity index (χ0n) is 24.6. The average Bonchev–Trinajstić information content (AvgIpc) is 3.36. The summed E-state index contributed by atoms with van der Waals surface area (Å²) in [5.74, 6) is 2.23. The van der Waals surface area contributed by atoms with Crippen molar-refractivity contribution in [3.8, 4) is 16.9 Å². The van der Waals surface area contributed by atoms with Crippen molar-refractivity contribution >= 4 is 64.0 Å². The van der Waals surface area contributed by atoms with E-state index in [-0.39, 0.29) is 17.4 Å². The lowest BCUT2D eigenvalue weighted by molar-refractivity contribution is -0.119. The molecular formula is C36H28Cl2N4O2S2. The quantitative estimate of drug-likeness (QED) is 0.186. The van der Waals surface area contributed by atoms with Gasteiger partial charge in [0.1, 0.15) is 0 Å². The normalized spacial score (nSPS) is 16.7. The van der Waals surface area contributed by atoms with Gasteiger partial charge in [0.05, 0.1) is 22.8 Å². The van der Waals surface area contributed by atoms with Gasteiger partial charge in [-0.3, -0.25) is 9.59 Å². The number of halogens is 2. The summed E-state index contributed by atoms with van der Waals surface area (Å²) in [6.45, 7) is 0. The summed E-state index contributed by atoms with van der Waals surface area (Å²) >= 11 is 15.5. The van der Waals surface area contributed by atoms with E-state index in [0.29, 0.717) is 16.5 Å². The highest BCUT2D eigenvalue weighted by molar-refractivity contribution is 7.99. The summed E-state index contributed by atoms with van der Waals surface area (Å²) in [6, 6.07) is 32.6. The molecule has 3 aliphatic rings. The Hall–Kier alpha value is -3.82. The van der Waals surface area contributed by atoms with Crippen molar-refractivity contribution in [1.82, 2.24) is 9.78 Å². The minimum absolute atomic E-state index is 0.0467. The number of anilines is 1. The molecule has 1 unspecified atom stereocenters. The number of hydrazone groups is 1. The Balaban J connectivity index is 0.000000147. The predicted octanol–water partition coefficient (Wildman–Crippen LogP) is 8.79. The molecule has 1 amide bonds. The van der Waals surface area contributed by atoms with Crippen LogP contribution in [0.15, 0.2) is 123 Å². The minimum Gasteiger partial charge on any atom is -0.273 e. The first-order chi connectivity index (χ1) is 22.4. The average molecular weight is 684 g/mol. The number of carbonyl (C=O) groups excluding carboxylic acids is 1. The number of amides is 1. The van der Waals surface area contributed by atoms with E-state index in [1.165, 1.54) is 19.5 Å². The van der Waals surface area contributed by atoms with Crippen LogP contribution in [0, 0.1) is 5.92 Å². The van der Waals surface area contributed by atoms with E-state index in [2.05, 4.69) is 35.4 Å². The van der Waals surface area contributed by atoms with Gasteiger partial charge in [0.25, 0.3) is 5.56 Å². The lowest BCUT2D eigenvalue weighted by Gasteiger charge is -2.28. The van der Waals surface area contributed by atoms with E-state index in [1.807, 2.05) is 42.1 Å². The van der Waals surface area contributed by atoms with Crippen LogP contribution in [0.1, 0.15) is 24.0 Å². The largest absolute Gasteiger partial charge is 0.273 e. The van der Waals surface area contributed by atoms with E-state index in [0.717, 1.165) is 63.8 Å². The second-order valence-corrected chi connectivity index (χ2v) is 14.2. The third kappa shape index (κ3) is 6.40. The number of thioether (sulfide) groups is 2. The van der Waals surface area contributed by atoms with Crippen LogP contribution in [-0.4, -0.2) is 32.9 Å². The molecular weight excluding hydrogens is 655 g/mol. The molecule has 1 aromatic heterocycles. The molecule has 10 heteroatoms. The highest BCUT2D eigenvalue weighted by Crippen LogP contribution is 2.37. The first-order valence-corrected chi connectivity index (χ1v) is 17.7. The summed E-state index contributed by atoms with van der Waals surface area (Å²) in [5.41, 5.74) is 6.55. The van der Waals surface area contributed by atoms with Gasteiger partial charge in [-0.1, -0.05) is 59.6 Å². The van der Waals surface area contributed by atoms with Gasteiger partial charge in [-0.05, 0) is 84.8 Å². The SMILES string of the molecule is O=C1CC2CCSc3ccccc3C2=NN1c1ccc(Cl)cc1.O=c1cc2c(nn1-c1ccc(Cl)cc1)-c1ccccc1SCC2. The molecule has 230 valence electrons. The molecule has 0 spiro atoms. The van der Waals surface area contributed by atoms with Gasteiger partial charge in [0.2, 0.25) is 5.91 Å². The molecule has 0 radical (unpaired) electrons. The summed E-state index contributed by atoms with van der Waals surface area (Å²) in [4.78, 5) is 27.5.